The number of hydrogen-bond acceptors (Lipinski definition) is 2. The highest BCUT2D eigenvalue weighted by atomic mass is 16.5. The topological polar surface area (TPSA) is 29.5 Å². The van der Waals surface area contributed by atoms with E-state index in [1.54, 1.807) is 6.08 Å². The molecule has 0 fully saturated rings. The van der Waals surface area contributed by atoms with Gasteiger partial charge in [0.05, 0.1) is 6.61 Å². The summed E-state index contributed by atoms with van der Waals surface area (Å²) in [6.45, 7) is 8.64. The standard InChI is InChI=1S/C18H27NO2/c1-4-13-19(14-5-2)18(20)12-9-16-7-10-17(11-8-16)21-15-6-3/h7-12H,4-6,13-15H2,1-3H3/b12-9+. The van der Waals surface area contributed by atoms with Gasteiger partial charge in [0.25, 0.3) is 0 Å². The van der Waals surface area contributed by atoms with Crippen LogP contribution in [0, 0.1) is 0 Å². The zero-order valence-electron chi connectivity index (χ0n) is 13.5. The molecule has 0 aliphatic carbocycles. The Morgan fingerprint density at radius 1 is 1.05 bits per heavy atom. The van der Waals surface area contributed by atoms with E-state index in [-0.39, 0.29) is 5.91 Å². The highest BCUT2D eigenvalue weighted by Gasteiger charge is 2.07. The molecule has 0 aliphatic heterocycles. The molecule has 0 atom stereocenters. The van der Waals surface area contributed by atoms with Gasteiger partial charge >= 0.3 is 0 Å². The van der Waals surface area contributed by atoms with Crippen LogP contribution in [0.1, 0.15) is 45.6 Å². The molecule has 116 valence electrons. The lowest BCUT2D eigenvalue weighted by Crippen LogP contribution is -2.30. The molecule has 0 saturated carbocycles. The molecule has 1 aromatic carbocycles. The van der Waals surface area contributed by atoms with Crippen LogP contribution in [0.25, 0.3) is 6.08 Å². The van der Waals surface area contributed by atoms with Crippen molar-refractivity contribution in [1.29, 1.82) is 0 Å². The molecule has 0 unspecified atom stereocenters. The van der Waals surface area contributed by atoms with Crippen molar-refractivity contribution >= 4 is 12.0 Å². The Bertz CT molecular complexity index is 431. The molecule has 0 aliphatic rings. The fourth-order valence-corrected chi connectivity index (χ4v) is 2.04. The molecule has 3 nitrogen and oxygen atoms in total. The van der Waals surface area contributed by atoms with E-state index >= 15 is 0 Å². The molecule has 1 amide bonds. The minimum Gasteiger partial charge on any atom is -0.494 e. The fraction of sp³-hybridized carbons (Fsp3) is 0.500. The minimum absolute atomic E-state index is 0.0880. The van der Waals surface area contributed by atoms with Crippen molar-refractivity contribution in [1.82, 2.24) is 4.90 Å². The van der Waals surface area contributed by atoms with E-state index in [1.807, 2.05) is 35.2 Å². The van der Waals surface area contributed by atoms with Crippen LogP contribution in [-0.2, 0) is 4.79 Å². The summed E-state index contributed by atoms with van der Waals surface area (Å²) in [4.78, 5) is 14.0. The van der Waals surface area contributed by atoms with Crippen molar-refractivity contribution in [2.24, 2.45) is 0 Å². The fourth-order valence-electron chi connectivity index (χ4n) is 2.04. The van der Waals surface area contributed by atoms with E-state index in [0.717, 1.165) is 50.3 Å². The average molecular weight is 289 g/mol. The van der Waals surface area contributed by atoms with Crippen molar-refractivity contribution in [3.05, 3.63) is 35.9 Å². The lowest BCUT2D eigenvalue weighted by atomic mass is 10.2. The SMILES string of the molecule is CCCOc1ccc(/C=C/C(=O)N(CCC)CCC)cc1. The lowest BCUT2D eigenvalue weighted by molar-refractivity contribution is -0.126. The van der Waals surface area contributed by atoms with Gasteiger partial charge in [0.2, 0.25) is 5.91 Å². The molecule has 0 spiro atoms. The van der Waals surface area contributed by atoms with Gasteiger partial charge in [-0.05, 0) is 43.0 Å². The number of nitrogens with zero attached hydrogens (tertiary/aromatic N) is 1. The smallest absolute Gasteiger partial charge is 0.246 e. The normalized spacial score (nSPS) is 10.8. The summed E-state index contributed by atoms with van der Waals surface area (Å²) in [6.07, 6.45) is 6.50. The van der Waals surface area contributed by atoms with Gasteiger partial charge in [-0.15, -0.1) is 0 Å². The minimum atomic E-state index is 0.0880. The highest BCUT2D eigenvalue weighted by Crippen LogP contribution is 2.13. The van der Waals surface area contributed by atoms with Crippen LogP contribution in [0.4, 0.5) is 0 Å². The summed E-state index contributed by atoms with van der Waals surface area (Å²) >= 11 is 0. The molecule has 1 aromatic rings. The predicted molar refractivity (Wildman–Crippen MR) is 88.4 cm³/mol. The third kappa shape index (κ3) is 6.48. The van der Waals surface area contributed by atoms with Crippen LogP contribution < -0.4 is 4.74 Å². The molecular formula is C18H27NO2. The van der Waals surface area contributed by atoms with Crippen LogP contribution in [0.2, 0.25) is 0 Å². The summed E-state index contributed by atoms with van der Waals surface area (Å²) in [7, 11) is 0. The van der Waals surface area contributed by atoms with Crippen molar-refractivity contribution in [2.75, 3.05) is 19.7 Å². The molecule has 0 heterocycles. The molecule has 0 saturated heterocycles. The molecule has 0 bridgehead atoms. The van der Waals surface area contributed by atoms with E-state index in [2.05, 4.69) is 20.8 Å². The molecule has 21 heavy (non-hydrogen) atoms. The average Bonchev–Trinajstić information content (AvgIpc) is 2.51. The monoisotopic (exact) mass is 289 g/mol. The number of carbonyl (C=O) groups is 1. The number of rotatable bonds is 9. The van der Waals surface area contributed by atoms with Crippen LogP contribution >= 0.6 is 0 Å². The van der Waals surface area contributed by atoms with Gasteiger partial charge in [0, 0.05) is 19.2 Å². The van der Waals surface area contributed by atoms with Crippen LogP contribution in [0.15, 0.2) is 30.3 Å². The third-order valence-electron chi connectivity index (χ3n) is 3.07. The quantitative estimate of drug-likeness (QED) is 0.639. The second kappa shape index (κ2) is 10.0. The summed E-state index contributed by atoms with van der Waals surface area (Å²) in [5.41, 5.74) is 1.01. The van der Waals surface area contributed by atoms with Crippen molar-refractivity contribution in [3.63, 3.8) is 0 Å². The molecule has 1 rings (SSSR count). The largest absolute Gasteiger partial charge is 0.494 e. The third-order valence-corrected chi connectivity index (χ3v) is 3.07. The van der Waals surface area contributed by atoms with E-state index in [4.69, 9.17) is 4.74 Å². The highest BCUT2D eigenvalue weighted by molar-refractivity contribution is 5.91. The van der Waals surface area contributed by atoms with Gasteiger partial charge in [-0.2, -0.15) is 0 Å². The van der Waals surface area contributed by atoms with Crippen LogP contribution in [0.5, 0.6) is 5.75 Å². The number of carbonyl (C=O) groups excluding carboxylic acids is 1. The Kier molecular flexibility index (Phi) is 8.25. The maximum absolute atomic E-state index is 12.1. The van der Waals surface area contributed by atoms with Crippen LogP contribution in [-0.4, -0.2) is 30.5 Å². The number of ether oxygens (including phenoxy) is 1. The van der Waals surface area contributed by atoms with Crippen molar-refractivity contribution in [2.45, 2.75) is 40.0 Å². The molecule has 0 N–H and O–H groups in total. The van der Waals surface area contributed by atoms with Gasteiger partial charge in [0.15, 0.2) is 0 Å². The van der Waals surface area contributed by atoms with E-state index in [1.165, 1.54) is 0 Å². The first kappa shape index (κ1) is 17.3. The molecule has 3 heteroatoms. The van der Waals surface area contributed by atoms with Gasteiger partial charge < -0.3 is 9.64 Å². The summed E-state index contributed by atoms with van der Waals surface area (Å²) in [5, 5.41) is 0. The Balaban J connectivity index is 2.59. The first-order valence-electron chi connectivity index (χ1n) is 7.91. The van der Waals surface area contributed by atoms with Gasteiger partial charge in [-0.1, -0.05) is 32.9 Å². The second-order valence-electron chi connectivity index (χ2n) is 5.08. The maximum atomic E-state index is 12.1. The Morgan fingerprint density at radius 2 is 1.67 bits per heavy atom. The first-order chi connectivity index (χ1) is 10.2. The van der Waals surface area contributed by atoms with E-state index in [0.29, 0.717) is 0 Å². The Hall–Kier alpha value is -1.77. The van der Waals surface area contributed by atoms with Crippen LogP contribution in [0.3, 0.4) is 0 Å². The van der Waals surface area contributed by atoms with Gasteiger partial charge in [0.1, 0.15) is 5.75 Å². The number of benzene rings is 1. The Labute approximate surface area is 128 Å². The zero-order valence-corrected chi connectivity index (χ0v) is 13.5. The lowest BCUT2D eigenvalue weighted by Gasteiger charge is -2.19. The van der Waals surface area contributed by atoms with E-state index < -0.39 is 0 Å². The predicted octanol–water partition coefficient (Wildman–Crippen LogP) is 4.14. The molecule has 0 aromatic heterocycles. The summed E-state index contributed by atoms with van der Waals surface area (Å²) < 4.78 is 5.54. The van der Waals surface area contributed by atoms with Crippen molar-refractivity contribution in [3.8, 4) is 5.75 Å². The van der Waals surface area contributed by atoms with Gasteiger partial charge in [-0.25, -0.2) is 0 Å². The summed E-state index contributed by atoms with van der Waals surface area (Å²) in [6, 6.07) is 7.82. The Morgan fingerprint density at radius 3 is 2.19 bits per heavy atom. The first-order valence-corrected chi connectivity index (χ1v) is 7.91. The van der Waals surface area contributed by atoms with E-state index in [9.17, 15) is 4.79 Å². The number of amides is 1. The number of hydrogen-bond donors (Lipinski definition) is 0. The zero-order chi connectivity index (χ0) is 15.5. The maximum Gasteiger partial charge on any atom is 0.246 e. The molecule has 0 radical (unpaired) electrons. The van der Waals surface area contributed by atoms with Crippen molar-refractivity contribution < 1.29 is 9.53 Å². The van der Waals surface area contributed by atoms with Gasteiger partial charge in [-0.3, -0.25) is 4.79 Å². The summed E-state index contributed by atoms with van der Waals surface area (Å²) in [5.74, 6) is 0.962. The second-order valence-corrected chi connectivity index (χ2v) is 5.08. The molecular weight excluding hydrogens is 262 g/mol.